The summed E-state index contributed by atoms with van der Waals surface area (Å²) in [4.78, 5) is 13.9. The van der Waals surface area contributed by atoms with Gasteiger partial charge in [-0.25, -0.2) is 0 Å². The van der Waals surface area contributed by atoms with Crippen molar-refractivity contribution in [1.82, 2.24) is 5.32 Å². The highest BCUT2D eigenvalue weighted by Crippen LogP contribution is 2.35. The van der Waals surface area contributed by atoms with Gasteiger partial charge in [-0.05, 0) is 46.3 Å². The van der Waals surface area contributed by atoms with Gasteiger partial charge in [-0.2, -0.15) is 0 Å². The molecule has 2 heterocycles. The van der Waals surface area contributed by atoms with Gasteiger partial charge in [0.25, 0.3) is 5.91 Å². The van der Waals surface area contributed by atoms with Gasteiger partial charge in [0.15, 0.2) is 0 Å². The summed E-state index contributed by atoms with van der Waals surface area (Å²) in [6.07, 6.45) is 0. The molecular formula is C14H10BrClN2OS2. The molecule has 108 valence electrons. The van der Waals surface area contributed by atoms with Gasteiger partial charge >= 0.3 is 0 Å². The van der Waals surface area contributed by atoms with E-state index in [-0.39, 0.29) is 5.91 Å². The van der Waals surface area contributed by atoms with E-state index in [4.69, 9.17) is 17.3 Å². The summed E-state index contributed by atoms with van der Waals surface area (Å²) in [7, 11) is 0. The number of nitrogens with one attached hydrogen (secondary N) is 1. The molecule has 0 aliphatic heterocycles. The first-order valence-electron chi connectivity index (χ1n) is 6.04. The van der Waals surface area contributed by atoms with Crippen molar-refractivity contribution in [3.05, 3.63) is 48.9 Å². The number of nitrogen functional groups attached to an aromatic ring is 1. The number of hydrogen-bond acceptors (Lipinski definition) is 4. The summed E-state index contributed by atoms with van der Waals surface area (Å²) >= 11 is 12.3. The lowest BCUT2D eigenvalue weighted by Gasteiger charge is -2.02. The van der Waals surface area contributed by atoms with Crippen molar-refractivity contribution in [2.45, 2.75) is 6.54 Å². The van der Waals surface area contributed by atoms with Crippen molar-refractivity contribution < 1.29 is 4.79 Å². The van der Waals surface area contributed by atoms with Gasteiger partial charge in [-0.1, -0.05) is 11.6 Å². The van der Waals surface area contributed by atoms with E-state index in [9.17, 15) is 4.79 Å². The van der Waals surface area contributed by atoms with Crippen LogP contribution in [0.1, 0.15) is 14.5 Å². The number of amides is 1. The van der Waals surface area contributed by atoms with Crippen molar-refractivity contribution in [2.75, 3.05) is 5.73 Å². The minimum Gasteiger partial charge on any atom is -0.397 e. The Morgan fingerprint density at radius 3 is 2.81 bits per heavy atom. The molecule has 0 aliphatic rings. The van der Waals surface area contributed by atoms with Gasteiger partial charge in [0.1, 0.15) is 4.88 Å². The predicted molar refractivity (Wildman–Crippen MR) is 94.4 cm³/mol. The Labute approximate surface area is 142 Å². The fourth-order valence-electron chi connectivity index (χ4n) is 1.95. The van der Waals surface area contributed by atoms with Crippen LogP contribution in [-0.2, 0) is 6.54 Å². The highest BCUT2D eigenvalue weighted by atomic mass is 79.9. The quantitative estimate of drug-likeness (QED) is 0.656. The molecule has 0 unspecified atom stereocenters. The zero-order valence-corrected chi connectivity index (χ0v) is 14.6. The first-order chi connectivity index (χ1) is 10.0. The number of anilines is 1. The number of thiophene rings is 2. The minimum atomic E-state index is -0.158. The maximum Gasteiger partial charge on any atom is 0.263 e. The molecule has 3 rings (SSSR count). The van der Waals surface area contributed by atoms with Crippen LogP contribution in [-0.4, -0.2) is 5.91 Å². The fraction of sp³-hybridized carbons (Fsp3) is 0.0714. The molecule has 21 heavy (non-hydrogen) atoms. The normalized spacial score (nSPS) is 11.0. The third-order valence-electron chi connectivity index (χ3n) is 2.95. The number of hydrogen-bond donors (Lipinski definition) is 2. The van der Waals surface area contributed by atoms with Crippen molar-refractivity contribution in [3.63, 3.8) is 0 Å². The van der Waals surface area contributed by atoms with Gasteiger partial charge < -0.3 is 11.1 Å². The predicted octanol–water partition coefficient (Wildman–Crippen LogP) is 4.89. The second kappa shape index (κ2) is 5.96. The van der Waals surface area contributed by atoms with E-state index in [2.05, 4.69) is 21.2 Å². The van der Waals surface area contributed by atoms with Crippen LogP contribution >= 0.6 is 50.2 Å². The standard InChI is InChI=1S/C14H10BrClN2OS2/c15-11-4-2-8(20-11)6-18-14(19)13-12(17)9-3-1-7(16)5-10(9)21-13/h1-5H,6,17H2,(H,18,19). The number of halogens is 2. The molecular weight excluding hydrogens is 392 g/mol. The molecule has 0 bridgehead atoms. The van der Waals surface area contributed by atoms with E-state index in [0.717, 1.165) is 18.7 Å². The molecule has 3 nitrogen and oxygen atoms in total. The lowest BCUT2D eigenvalue weighted by Crippen LogP contribution is -2.22. The molecule has 0 spiro atoms. The van der Waals surface area contributed by atoms with Crippen LogP contribution in [0.25, 0.3) is 10.1 Å². The molecule has 0 fully saturated rings. The molecule has 3 N–H and O–H groups in total. The molecule has 0 radical (unpaired) electrons. The molecule has 2 aromatic heterocycles. The number of benzene rings is 1. The molecule has 0 saturated carbocycles. The summed E-state index contributed by atoms with van der Waals surface area (Å²) in [5.74, 6) is -0.158. The summed E-state index contributed by atoms with van der Waals surface area (Å²) in [5.41, 5.74) is 6.58. The molecule has 1 amide bonds. The number of nitrogens with two attached hydrogens (primary N) is 1. The summed E-state index contributed by atoms with van der Waals surface area (Å²) < 4.78 is 1.96. The third-order valence-corrected chi connectivity index (χ3v) is 5.97. The van der Waals surface area contributed by atoms with E-state index >= 15 is 0 Å². The average Bonchev–Trinajstić information content (AvgIpc) is 3.00. The second-order valence-electron chi connectivity index (χ2n) is 4.37. The van der Waals surface area contributed by atoms with E-state index in [0.29, 0.717) is 22.1 Å². The largest absolute Gasteiger partial charge is 0.397 e. The zero-order valence-electron chi connectivity index (χ0n) is 10.7. The van der Waals surface area contributed by atoms with Crippen molar-refractivity contribution in [1.29, 1.82) is 0 Å². The van der Waals surface area contributed by atoms with Crippen LogP contribution in [0.2, 0.25) is 5.02 Å². The Hall–Kier alpha value is -1.08. The summed E-state index contributed by atoms with van der Waals surface area (Å²) in [6, 6.07) is 9.38. The van der Waals surface area contributed by atoms with Crippen LogP contribution in [0.5, 0.6) is 0 Å². The van der Waals surface area contributed by atoms with Gasteiger partial charge in [0.2, 0.25) is 0 Å². The Bertz CT molecular complexity index is 828. The van der Waals surface area contributed by atoms with Crippen LogP contribution in [0, 0.1) is 0 Å². The summed E-state index contributed by atoms with van der Waals surface area (Å²) in [5, 5.41) is 4.40. The van der Waals surface area contributed by atoms with Crippen LogP contribution in [0.3, 0.4) is 0 Å². The molecule has 3 aromatic rings. The highest BCUT2D eigenvalue weighted by Gasteiger charge is 2.16. The fourth-order valence-corrected chi connectivity index (χ4v) is 4.69. The lowest BCUT2D eigenvalue weighted by atomic mass is 10.2. The van der Waals surface area contributed by atoms with Gasteiger partial charge in [0, 0.05) is 20.0 Å². The highest BCUT2D eigenvalue weighted by molar-refractivity contribution is 9.11. The second-order valence-corrected chi connectivity index (χ2v) is 8.41. The molecule has 7 heteroatoms. The van der Waals surface area contributed by atoms with E-state index in [1.807, 2.05) is 24.3 Å². The Balaban J connectivity index is 1.82. The molecule has 0 aliphatic carbocycles. The number of rotatable bonds is 3. The Kier molecular flexibility index (Phi) is 4.21. The average molecular weight is 402 g/mol. The number of carbonyl (C=O) groups excluding carboxylic acids is 1. The third kappa shape index (κ3) is 3.08. The molecule has 0 saturated heterocycles. The maximum atomic E-state index is 12.3. The van der Waals surface area contributed by atoms with E-state index in [1.54, 1.807) is 17.4 Å². The SMILES string of the molecule is Nc1c(C(=O)NCc2ccc(Br)s2)sc2cc(Cl)ccc12. The van der Waals surface area contributed by atoms with Gasteiger partial charge in [-0.15, -0.1) is 22.7 Å². The summed E-state index contributed by atoms with van der Waals surface area (Å²) in [6.45, 7) is 0.490. The van der Waals surface area contributed by atoms with Crippen LogP contribution in [0.4, 0.5) is 5.69 Å². The number of carbonyl (C=O) groups is 1. The topological polar surface area (TPSA) is 55.1 Å². The van der Waals surface area contributed by atoms with Crippen LogP contribution < -0.4 is 11.1 Å². The van der Waals surface area contributed by atoms with Crippen molar-refractivity contribution in [2.24, 2.45) is 0 Å². The van der Waals surface area contributed by atoms with Crippen LogP contribution in [0.15, 0.2) is 34.1 Å². The van der Waals surface area contributed by atoms with E-state index < -0.39 is 0 Å². The maximum absolute atomic E-state index is 12.3. The Morgan fingerprint density at radius 2 is 2.10 bits per heavy atom. The van der Waals surface area contributed by atoms with Gasteiger partial charge in [0.05, 0.1) is 16.0 Å². The van der Waals surface area contributed by atoms with E-state index in [1.165, 1.54) is 11.3 Å². The Morgan fingerprint density at radius 1 is 1.29 bits per heavy atom. The molecule has 0 atom stereocenters. The monoisotopic (exact) mass is 400 g/mol. The van der Waals surface area contributed by atoms with Gasteiger partial charge in [-0.3, -0.25) is 4.79 Å². The minimum absolute atomic E-state index is 0.158. The zero-order chi connectivity index (χ0) is 15.0. The van der Waals surface area contributed by atoms with Crippen molar-refractivity contribution >= 4 is 71.9 Å². The van der Waals surface area contributed by atoms with Crippen molar-refractivity contribution in [3.8, 4) is 0 Å². The number of fused-ring (bicyclic) bond motifs is 1. The molecule has 1 aromatic carbocycles. The smallest absolute Gasteiger partial charge is 0.263 e. The first kappa shape index (κ1) is 14.8. The first-order valence-corrected chi connectivity index (χ1v) is 8.85. The lowest BCUT2D eigenvalue weighted by molar-refractivity contribution is 0.0956.